The molecular formula is C28H58O3Si. The molecule has 1 aliphatic rings. The van der Waals surface area contributed by atoms with E-state index in [-0.39, 0.29) is 5.22 Å². The van der Waals surface area contributed by atoms with Crippen molar-refractivity contribution in [3.05, 3.63) is 0 Å². The highest BCUT2D eigenvalue weighted by Crippen LogP contribution is 2.44. The summed E-state index contributed by atoms with van der Waals surface area (Å²) in [6.07, 6.45) is 25.9. The van der Waals surface area contributed by atoms with Crippen LogP contribution in [0.15, 0.2) is 0 Å². The molecule has 4 heteroatoms. The number of ether oxygens (including phenoxy) is 1. The Morgan fingerprint density at radius 1 is 0.562 bits per heavy atom. The lowest BCUT2D eigenvalue weighted by Crippen LogP contribution is -2.66. The highest BCUT2D eigenvalue weighted by Gasteiger charge is 2.59. The highest BCUT2D eigenvalue weighted by molar-refractivity contribution is 6.70. The third kappa shape index (κ3) is 11.0. The van der Waals surface area contributed by atoms with Crippen LogP contribution in [0.4, 0.5) is 0 Å². The van der Waals surface area contributed by atoms with Crippen LogP contribution in [-0.2, 0) is 13.6 Å². The van der Waals surface area contributed by atoms with E-state index in [0.29, 0.717) is 0 Å². The summed E-state index contributed by atoms with van der Waals surface area (Å²) in [5, 5.41) is -0.122. The van der Waals surface area contributed by atoms with Crippen LogP contribution in [-0.4, -0.2) is 33.6 Å². The van der Waals surface area contributed by atoms with Gasteiger partial charge in [-0.2, -0.15) is 0 Å². The molecule has 0 aromatic carbocycles. The molecule has 0 aromatic heterocycles. The summed E-state index contributed by atoms with van der Waals surface area (Å²) in [5.41, 5.74) is 0. The SMILES string of the molecule is CCCCCCCCCCCCCCCCCC1(OCC)CCCC[Si]1(OCC)OCC. The first-order chi connectivity index (χ1) is 15.7. The van der Waals surface area contributed by atoms with Crippen molar-refractivity contribution in [3.63, 3.8) is 0 Å². The van der Waals surface area contributed by atoms with Crippen LogP contribution in [0.5, 0.6) is 0 Å². The summed E-state index contributed by atoms with van der Waals surface area (Å²) in [7, 11) is -2.31. The number of hydrogen-bond acceptors (Lipinski definition) is 3. The summed E-state index contributed by atoms with van der Waals surface area (Å²) in [5.74, 6) is 0. The van der Waals surface area contributed by atoms with Crippen LogP contribution in [0.1, 0.15) is 150 Å². The zero-order chi connectivity index (χ0) is 23.4. The van der Waals surface area contributed by atoms with Gasteiger partial charge in [-0.15, -0.1) is 0 Å². The molecule has 0 radical (unpaired) electrons. The Hall–Kier alpha value is 0.0969. The standard InChI is InChI=1S/C28H58O3Si/c1-5-9-10-11-12-13-14-15-16-17-18-19-20-21-22-25-28(29-6-2)26-23-24-27-32(28,30-7-3)31-8-4/h5-27H2,1-4H3. The van der Waals surface area contributed by atoms with E-state index in [2.05, 4.69) is 27.7 Å². The summed E-state index contributed by atoms with van der Waals surface area (Å²) in [6, 6.07) is 1.10. The average molecular weight is 471 g/mol. The molecule has 1 unspecified atom stereocenters. The van der Waals surface area contributed by atoms with Gasteiger partial charge < -0.3 is 13.6 Å². The van der Waals surface area contributed by atoms with Crippen LogP contribution >= 0.6 is 0 Å². The third-order valence-corrected chi connectivity index (χ3v) is 11.9. The maximum Gasteiger partial charge on any atom is 0.371 e. The summed E-state index contributed by atoms with van der Waals surface area (Å²) < 4.78 is 19.4. The van der Waals surface area contributed by atoms with Gasteiger partial charge in [0.15, 0.2) is 0 Å². The van der Waals surface area contributed by atoms with Gasteiger partial charge in [-0.25, -0.2) is 0 Å². The summed E-state index contributed by atoms with van der Waals surface area (Å²) in [4.78, 5) is 0. The van der Waals surface area contributed by atoms with Crippen molar-refractivity contribution in [2.24, 2.45) is 0 Å². The zero-order valence-electron chi connectivity index (χ0n) is 22.5. The molecular weight excluding hydrogens is 412 g/mol. The molecule has 0 bridgehead atoms. The summed E-state index contributed by atoms with van der Waals surface area (Å²) >= 11 is 0. The van der Waals surface area contributed by atoms with Crippen LogP contribution in [0, 0.1) is 0 Å². The van der Waals surface area contributed by atoms with Gasteiger partial charge in [0, 0.05) is 19.8 Å². The predicted molar refractivity (Wildman–Crippen MR) is 142 cm³/mol. The lowest BCUT2D eigenvalue weighted by atomic mass is 10.0. The molecule has 1 heterocycles. The molecule has 1 saturated heterocycles. The van der Waals surface area contributed by atoms with Crippen LogP contribution in [0.3, 0.4) is 0 Å². The number of rotatable bonds is 22. The van der Waals surface area contributed by atoms with Crippen molar-refractivity contribution in [2.75, 3.05) is 19.8 Å². The Balaban J connectivity index is 2.20. The van der Waals surface area contributed by atoms with E-state index in [1.54, 1.807) is 0 Å². The minimum Gasteiger partial charge on any atom is -0.393 e. The first-order valence-electron chi connectivity index (χ1n) is 14.6. The van der Waals surface area contributed by atoms with E-state index in [4.69, 9.17) is 13.6 Å². The second-order valence-corrected chi connectivity index (χ2v) is 13.4. The van der Waals surface area contributed by atoms with Crippen LogP contribution < -0.4 is 0 Å². The van der Waals surface area contributed by atoms with Crippen molar-refractivity contribution < 1.29 is 13.6 Å². The van der Waals surface area contributed by atoms with Gasteiger partial charge in [0.05, 0.1) is 0 Å². The first kappa shape index (κ1) is 30.1. The minimum atomic E-state index is -2.31. The fourth-order valence-corrected chi connectivity index (χ4v) is 10.2. The van der Waals surface area contributed by atoms with Gasteiger partial charge in [0.1, 0.15) is 5.22 Å². The van der Waals surface area contributed by atoms with Gasteiger partial charge in [0.2, 0.25) is 0 Å². The van der Waals surface area contributed by atoms with Crippen molar-refractivity contribution in [1.82, 2.24) is 0 Å². The van der Waals surface area contributed by atoms with Gasteiger partial charge in [-0.3, -0.25) is 0 Å². The molecule has 0 amide bonds. The second kappa shape index (κ2) is 19.4. The van der Waals surface area contributed by atoms with E-state index in [1.165, 1.54) is 109 Å². The Morgan fingerprint density at radius 2 is 1.03 bits per heavy atom. The molecule has 0 spiro atoms. The minimum absolute atomic E-state index is 0.122. The zero-order valence-corrected chi connectivity index (χ0v) is 23.5. The Morgan fingerprint density at radius 3 is 1.47 bits per heavy atom. The number of unbranched alkanes of at least 4 members (excludes halogenated alkanes) is 14. The van der Waals surface area contributed by atoms with E-state index >= 15 is 0 Å². The summed E-state index contributed by atoms with van der Waals surface area (Å²) in [6.45, 7) is 10.9. The van der Waals surface area contributed by atoms with E-state index in [9.17, 15) is 0 Å². The first-order valence-corrected chi connectivity index (χ1v) is 16.6. The predicted octanol–water partition coefficient (Wildman–Crippen LogP) is 9.26. The maximum atomic E-state index is 6.52. The van der Waals surface area contributed by atoms with E-state index in [1.807, 2.05) is 0 Å². The molecule has 1 fully saturated rings. The molecule has 32 heavy (non-hydrogen) atoms. The van der Waals surface area contributed by atoms with Crippen molar-refractivity contribution in [3.8, 4) is 0 Å². The molecule has 0 saturated carbocycles. The van der Waals surface area contributed by atoms with Crippen LogP contribution in [0.25, 0.3) is 0 Å². The largest absolute Gasteiger partial charge is 0.393 e. The van der Waals surface area contributed by atoms with Gasteiger partial charge in [-0.05, 0) is 39.7 Å². The normalized spacial score (nSPS) is 20.6. The van der Waals surface area contributed by atoms with Gasteiger partial charge in [0.25, 0.3) is 0 Å². The van der Waals surface area contributed by atoms with Gasteiger partial charge >= 0.3 is 8.56 Å². The highest BCUT2D eigenvalue weighted by atomic mass is 28.4. The average Bonchev–Trinajstić information content (AvgIpc) is 2.79. The van der Waals surface area contributed by atoms with E-state index in [0.717, 1.165) is 38.7 Å². The lowest BCUT2D eigenvalue weighted by Gasteiger charge is -2.49. The Labute approximate surface area is 203 Å². The molecule has 0 aliphatic carbocycles. The topological polar surface area (TPSA) is 27.7 Å². The smallest absolute Gasteiger partial charge is 0.371 e. The third-order valence-electron chi connectivity index (χ3n) is 7.39. The molecule has 1 aliphatic heterocycles. The molecule has 3 nitrogen and oxygen atoms in total. The number of hydrogen-bond donors (Lipinski definition) is 0. The molecule has 1 atom stereocenters. The fraction of sp³-hybridized carbons (Fsp3) is 1.00. The van der Waals surface area contributed by atoms with Crippen molar-refractivity contribution in [2.45, 2.75) is 161 Å². The van der Waals surface area contributed by atoms with Crippen LogP contribution in [0.2, 0.25) is 6.04 Å². The van der Waals surface area contributed by atoms with E-state index < -0.39 is 8.56 Å². The molecule has 1 rings (SSSR count). The molecule has 0 aromatic rings. The Kier molecular flexibility index (Phi) is 18.3. The van der Waals surface area contributed by atoms with Crippen molar-refractivity contribution in [1.29, 1.82) is 0 Å². The quantitative estimate of drug-likeness (QED) is 0.116. The Bertz CT molecular complexity index is 402. The molecule has 0 N–H and O–H groups in total. The van der Waals surface area contributed by atoms with Crippen molar-refractivity contribution >= 4 is 8.56 Å². The fourth-order valence-electron chi connectivity index (χ4n) is 5.73. The maximum absolute atomic E-state index is 6.52. The monoisotopic (exact) mass is 470 g/mol. The van der Waals surface area contributed by atoms with Gasteiger partial charge in [-0.1, -0.05) is 116 Å². The second-order valence-electron chi connectivity index (χ2n) is 9.95. The molecule has 192 valence electrons. The lowest BCUT2D eigenvalue weighted by molar-refractivity contribution is -0.0468.